The molecule has 0 heterocycles. The second-order valence-electron chi connectivity index (χ2n) is 3.59. The first-order valence-electron chi connectivity index (χ1n) is 4.69. The highest BCUT2D eigenvalue weighted by atomic mass is 16.3. The topological polar surface area (TPSA) is 119 Å². The minimum Gasteiger partial charge on any atom is -0.397 e. The normalized spacial score (nSPS) is 14.9. The summed E-state index contributed by atoms with van der Waals surface area (Å²) in [6.45, 7) is 1.78. The Labute approximate surface area is 88.5 Å². The van der Waals surface area contributed by atoms with E-state index in [1.54, 1.807) is 19.1 Å². The SMILES string of the molecule is Cc1cc(N)c(N)cc1C(O)C(O)CN. The van der Waals surface area contributed by atoms with Gasteiger partial charge in [-0.2, -0.15) is 0 Å². The van der Waals surface area contributed by atoms with Crippen LogP contribution in [0.1, 0.15) is 17.2 Å². The van der Waals surface area contributed by atoms with Crippen molar-refractivity contribution in [3.63, 3.8) is 0 Å². The van der Waals surface area contributed by atoms with E-state index in [0.29, 0.717) is 16.9 Å². The largest absolute Gasteiger partial charge is 0.397 e. The molecule has 5 nitrogen and oxygen atoms in total. The molecule has 0 amide bonds. The monoisotopic (exact) mass is 211 g/mol. The Morgan fingerprint density at radius 2 is 1.73 bits per heavy atom. The number of rotatable bonds is 3. The van der Waals surface area contributed by atoms with Crippen LogP contribution in [0, 0.1) is 6.92 Å². The highest BCUT2D eigenvalue weighted by Gasteiger charge is 2.19. The van der Waals surface area contributed by atoms with Gasteiger partial charge in [-0.15, -0.1) is 0 Å². The number of aryl methyl sites for hydroxylation is 1. The van der Waals surface area contributed by atoms with Crippen molar-refractivity contribution in [2.45, 2.75) is 19.1 Å². The van der Waals surface area contributed by atoms with Crippen molar-refractivity contribution < 1.29 is 10.2 Å². The van der Waals surface area contributed by atoms with E-state index in [0.717, 1.165) is 5.56 Å². The van der Waals surface area contributed by atoms with E-state index < -0.39 is 12.2 Å². The maximum atomic E-state index is 9.76. The molecule has 1 aromatic carbocycles. The Balaban J connectivity index is 3.09. The molecule has 15 heavy (non-hydrogen) atoms. The molecule has 0 aliphatic rings. The predicted molar refractivity (Wildman–Crippen MR) is 60.0 cm³/mol. The molecular formula is C10H17N3O2. The summed E-state index contributed by atoms with van der Waals surface area (Å²) in [5.74, 6) is 0. The summed E-state index contributed by atoms with van der Waals surface area (Å²) in [5.41, 5.74) is 18.7. The van der Waals surface area contributed by atoms with Crippen molar-refractivity contribution in [3.8, 4) is 0 Å². The number of aliphatic hydroxyl groups excluding tert-OH is 2. The quantitative estimate of drug-likeness (QED) is 0.432. The van der Waals surface area contributed by atoms with Crippen molar-refractivity contribution in [2.75, 3.05) is 18.0 Å². The van der Waals surface area contributed by atoms with Gasteiger partial charge in [0.05, 0.1) is 17.5 Å². The van der Waals surface area contributed by atoms with Gasteiger partial charge in [0.15, 0.2) is 0 Å². The third-order valence-electron chi connectivity index (χ3n) is 2.40. The number of benzene rings is 1. The number of aliphatic hydroxyl groups is 2. The van der Waals surface area contributed by atoms with E-state index in [2.05, 4.69) is 0 Å². The molecule has 0 saturated carbocycles. The summed E-state index contributed by atoms with van der Waals surface area (Å²) in [7, 11) is 0. The standard InChI is InChI=1S/C10H17N3O2/c1-5-2-7(12)8(13)3-6(5)10(15)9(14)4-11/h2-3,9-10,14-15H,4,11-13H2,1H3. The fourth-order valence-corrected chi connectivity index (χ4v) is 1.42. The fraction of sp³-hybridized carbons (Fsp3) is 0.400. The van der Waals surface area contributed by atoms with Crippen LogP contribution in [0.25, 0.3) is 0 Å². The first-order chi connectivity index (χ1) is 6.97. The lowest BCUT2D eigenvalue weighted by molar-refractivity contribution is 0.0240. The Kier molecular flexibility index (Phi) is 3.52. The lowest BCUT2D eigenvalue weighted by Crippen LogP contribution is -2.27. The van der Waals surface area contributed by atoms with E-state index >= 15 is 0 Å². The zero-order chi connectivity index (χ0) is 11.6. The highest BCUT2D eigenvalue weighted by Crippen LogP contribution is 2.26. The van der Waals surface area contributed by atoms with Gasteiger partial charge in [0, 0.05) is 6.54 Å². The Morgan fingerprint density at radius 1 is 1.20 bits per heavy atom. The molecule has 0 radical (unpaired) electrons. The lowest BCUT2D eigenvalue weighted by Gasteiger charge is -2.19. The first-order valence-corrected chi connectivity index (χ1v) is 4.69. The molecular weight excluding hydrogens is 194 g/mol. The van der Waals surface area contributed by atoms with Gasteiger partial charge in [-0.3, -0.25) is 0 Å². The van der Waals surface area contributed by atoms with Crippen molar-refractivity contribution in [1.29, 1.82) is 0 Å². The van der Waals surface area contributed by atoms with Crippen molar-refractivity contribution >= 4 is 11.4 Å². The summed E-state index contributed by atoms with van der Waals surface area (Å²) < 4.78 is 0. The molecule has 0 saturated heterocycles. The molecule has 8 N–H and O–H groups in total. The zero-order valence-corrected chi connectivity index (χ0v) is 8.64. The van der Waals surface area contributed by atoms with E-state index in [9.17, 15) is 10.2 Å². The summed E-state index contributed by atoms with van der Waals surface area (Å²) in [4.78, 5) is 0. The van der Waals surface area contributed by atoms with Crippen LogP contribution in [-0.4, -0.2) is 22.9 Å². The average Bonchev–Trinajstić information content (AvgIpc) is 2.21. The Hall–Kier alpha value is -1.30. The van der Waals surface area contributed by atoms with Gasteiger partial charge < -0.3 is 27.4 Å². The number of nitrogens with two attached hydrogens (primary N) is 3. The molecule has 0 spiro atoms. The summed E-state index contributed by atoms with van der Waals surface area (Å²) >= 11 is 0. The van der Waals surface area contributed by atoms with Crippen LogP contribution in [0.5, 0.6) is 0 Å². The van der Waals surface area contributed by atoms with Gasteiger partial charge in [0.25, 0.3) is 0 Å². The Morgan fingerprint density at radius 3 is 2.27 bits per heavy atom. The third kappa shape index (κ3) is 2.38. The van der Waals surface area contributed by atoms with Gasteiger partial charge in [0.2, 0.25) is 0 Å². The van der Waals surface area contributed by atoms with Crippen LogP contribution < -0.4 is 17.2 Å². The second kappa shape index (κ2) is 4.48. The van der Waals surface area contributed by atoms with Crippen LogP contribution in [0.3, 0.4) is 0 Å². The maximum Gasteiger partial charge on any atom is 0.106 e. The molecule has 0 aromatic heterocycles. The predicted octanol–water partition coefficient (Wildman–Crippen LogP) is -0.488. The van der Waals surface area contributed by atoms with Crippen LogP contribution >= 0.6 is 0 Å². The molecule has 0 aliphatic heterocycles. The van der Waals surface area contributed by atoms with Crippen molar-refractivity contribution in [3.05, 3.63) is 23.3 Å². The Bertz CT molecular complexity index is 355. The van der Waals surface area contributed by atoms with Crippen molar-refractivity contribution in [1.82, 2.24) is 0 Å². The van der Waals surface area contributed by atoms with Crippen molar-refractivity contribution in [2.24, 2.45) is 5.73 Å². The smallest absolute Gasteiger partial charge is 0.106 e. The van der Waals surface area contributed by atoms with E-state index in [1.807, 2.05) is 0 Å². The molecule has 0 aliphatic carbocycles. The number of nitrogen functional groups attached to an aromatic ring is 2. The maximum absolute atomic E-state index is 9.76. The van der Waals surface area contributed by atoms with E-state index in [4.69, 9.17) is 17.2 Å². The van der Waals surface area contributed by atoms with Gasteiger partial charge in [0.1, 0.15) is 6.10 Å². The van der Waals surface area contributed by atoms with Crippen LogP contribution in [0.15, 0.2) is 12.1 Å². The van der Waals surface area contributed by atoms with Gasteiger partial charge in [-0.1, -0.05) is 0 Å². The molecule has 2 unspecified atom stereocenters. The summed E-state index contributed by atoms with van der Waals surface area (Å²) in [5, 5.41) is 19.2. The van der Waals surface area contributed by atoms with E-state index in [-0.39, 0.29) is 6.54 Å². The number of hydrogen-bond acceptors (Lipinski definition) is 5. The number of hydrogen-bond donors (Lipinski definition) is 5. The lowest BCUT2D eigenvalue weighted by atomic mass is 9.98. The molecule has 84 valence electrons. The highest BCUT2D eigenvalue weighted by molar-refractivity contribution is 5.66. The van der Waals surface area contributed by atoms with Crippen LogP contribution in [0.4, 0.5) is 11.4 Å². The third-order valence-corrected chi connectivity index (χ3v) is 2.40. The minimum atomic E-state index is -1.03. The average molecular weight is 211 g/mol. The molecule has 5 heteroatoms. The van der Waals surface area contributed by atoms with Gasteiger partial charge >= 0.3 is 0 Å². The fourth-order valence-electron chi connectivity index (χ4n) is 1.42. The first kappa shape index (κ1) is 11.8. The van der Waals surface area contributed by atoms with Gasteiger partial charge in [-0.25, -0.2) is 0 Å². The van der Waals surface area contributed by atoms with Gasteiger partial charge in [-0.05, 0) is 30.2 Å². The zero-order valence-electron chi connectivity index (χ0n) is 8.64. The molecule has 2 atom stereocenters. The molecule has 0 fully saturated rings. The number of anilines is 2. The molecule has 1 aromatic rings. The molecule has 0 bridgehead atoms. The summed E-state index contributed by atoms with van der Waals surface area (Å²) in [6.07, 6.45) is -2.02. The molecule has 1 rings (SSSR count). The van der Waals surface area contributed by atoms with E-state index in [1.165, 1.54) is 0 Å². The van der Waals surface area contributed by atoms with Crippen LogP contribution in [-0.2, 0) is 0 Å². The minimum absolute atomic E-state index is 0.00904. The summed E-state index contributed by atoms with van der Waals surface area (Å²) in [6, 6.07) is 3.23. The second-order valence-corrected chi connectivity index (χ2v) is 3.59. The van der Waals surface area contributed by atoms with Crippen LogP contribution in [0.2, 0.25) is 0 Å².